The van der Waals surface area contributed by atoms with Crippen LogP contribution < -0.4 is 0 Å². The molecule has 0 aromatic heterocycles. The maximum absolute atomic E-state index is 12.3. The van der Waals surface area contributed by atoms with E-state index in [1.54, 1.807) is 0 Å². The lowest BCUT2D eigenvalue weighted by molar-refractivity contribution is -0.213. The van der Waals surface area contributed by atoms with E-state index in [1.165, 1.54) is 0 Å². The molecule has 0 aromatic rings. The predicted molar refractivity (Wildman–Crippen MR) is 88.0 cm³/mol. The van der Waals surface area contributed by atoms with E-state index in [0.717, 1.165) is 25.2 Å². The van der Waals surface area contributed by atoms with E-state index in [-0.39, 0.29) is 0 Å². The highest BCUT2D eigenvalue weighted by Crippen LogP contribution is 2.47. The number of hydrogen-bond donors (Lipinski definition) is 3. The minimum atomic E-state index is -2.90. The molecule has 8 nitrogen and oxygen atoms in total. The Morgan fingerprint density at radius 1 is 1.00 bits per heavy atom. The molecule has 0 radical (unpaired) electrons. The SMILES string of the molecule is C=CCOC(C(=O)O)(C(CC=C)C(=O)O)C(CC=C)(C(C)=O)C(=O)O. The molecule has 3 N–H and O–H groups in total. The minimum Gasteiger partial charge on any atom is -0.481 e. The largest absolute Gasteiger partial charge is 0.481 e. The summed E-state index contributed by atoms with van der Waals surface area (Å²) in [6, 6.07) is 0. The topological polar surface area (TPSA) is 138 Å². The summed E-state index contributed by atoms with van der Waals surface area (Å²) >= 11 is 0. The van der Waals surface area contributed by atoms with Crippen LogP contribution in [0.3, 0.4) is 0 Å². The van der Waals surface area contributed by atoms with Crippen LogP contribution in [0.5, 0.6) is 0 Å². The Balaban J connectivity index is 7.12. The van der Waals surface area contributed by atoms with Gasteiger partial charge in [-0.2, -0.15) is 0 Å². The van der Waals surface area contributed by atoms with Crippen LogP contribution in [0.4, 0.5) is 0 Å². The molecule has 25 heavy (non-hydrogen) atoms. The summed E-state index contributed by atoms with van der Waals surface area (Å²) in [5, 5.41) is 29.1. The highest BCUT2D eigenvalue weighted by molar-refractivity contribution is 6.09. The summed E-state index contributed by atoms with van der Waals surface area (Å²) < 4.78 is 5.26. The van der Waals surface area contributed by atoms with Crippen LogP contribution in [0, 0.1) is 11.3 Å². The molecule has 3 unspecified atom stereocenters. The first-order valence-electron chi connectivity index (χ1n) is 7.27. The first-order chi connectivity index (χ1) is 11.6. The third-order valence-corrected chi connectivity index (χ3v) is 3.99. The second kappa shape index (κ2) is 8.93. The third-order valence-electron chi connectivity index (χ3n) is 3.99. The van der Waals surface area contributed by atoms with Gasteiger partial charge in [-0.1, -0.05) is 18.2 Å². The molecule has 3 atom stereocenters. The number of carbonyl (C=O) groups is 4. The van der Waals surface area contributed by atoms with E-state index in [4.69, 9.17) is 4.74 Å². The highest BCUT2D eigenvalue weighted by Gasteiger charge is 2.70. The van der Waals surface area contributed by atoms with Gasteiger partial charge in [0.15, 0.2) is 11.2 Å². The summed E-state index contributed by atoms with van der Waals surface area (Å²) in [5.74, 6) is -8.30. The minimum absolute atomic E-state index is 0.432. The average molecular weight is 354 g/mol. The molecule has 0 amide bonds. The summed E-state index contributed by atoms with van der Waals surface area (Å²) in [6.45, 7) is 10.5. The van der Waals surface area contributed by atoms with Crippen molar-refractivity contribution in [2.24, 2.45) is 11.3 Å². The molecule has 0 heterocycles. The smallest absolute Gasteiger partial charge is 0.338 e. The fraction of sp³-hybridized carbons (Fsp3) is 0.412. The maximum Gasteiger partial charge on any atom is 0.338 e. The number of aliphatic carboxylic acids is 3. The summed E-state index contributed by atoms with van der Waals surface area (Å²) in [7, 11) is 0. The first-order valence-corrected chi connectivity index (χ1v) is 7.27. The summed E-state index contributed by atoms with van der Waals surface area (Å²) in [4.78, 5) is 48.3. The molecule has 0 aliphatic carbocycles. The molecule has 0 saturated heterocycles. The van der Waals surface area contributed by atoms with Crippen LogP contribution in [0.2, 0.25) is 0 Å². The van der Waals surface area contributed by atoms with Crippen molar-refractivity contribution in [1.29, 1.82) is 0 Å². The van der Waals surface area contributed by atoms with E-state index < -0.39 is 60.1 Å². The zero-order valence-electron chi connectivity index (χ0n) is 13.9. The molecule has 0 rings (SSSR count). The zero-order valence-corrected chi connectivity index (χ0v) is 13.9. The number of allylic oxidation sites excluding steroid dienone is 2. The van der Waals surface area contributed by atoms with Crippen molar-refractivity contribution < 1.29 is 39.2 Å². The number of rotatable bonds is 13. The Morgan fingerprint density at radius 3 is 1.84 bits per heavy atom. The Bertz CT molecular complexity index is 577. The van der Waals surface area contributed by atoms with E-state index in [1.807, 2.05) is 0 Å². The van der Waals surface area contributed by atoms with Crippen LogP contribution in [-0.4, -0.2) is 51.2 Å². The number of carboxylic acids is 3. The molecule has 0 aromatic carbocycles. The van der Waals surface area contributed by atoms with E-state index in [2.05, 4.69) is 19.7 Å². The van der Waals surface area contributed by atoms with Gasteiger partial charge >= 0.3 is 17.9 Å². The quantitative estimate of drug-likeness (QED) is 0.334. The van der Waals surface area contributed by atoms with E-state index in [9.17, 15) is 34.5 Å². The molecule has 0 aliphatic heterocycles. The maximum atomic E-state index is 12.3. The molecule has 0 spiro atoms. The second-order valence-corrected chi connectivity index (χ2v) is 5.32. The lowest BCUT2D eigenvalue weighted by atomic mass is 9.60. The van der Waals surface area contributed by atoms with Crippen molar-refractivity contribution >= 4 is 23.7 Å². The second-order valence-electron chi connectivity index (χ2n) is 5.32. The number of carbonyl (C=O) groups excluding carboxylic acids is 1. The molecule has 0 aliphatic rings. The van der Waals surface area contributed by atoms with Crippen LogP contribution in [0.15, 0.2) is 38.0 Å². The molecule has 0 saturated carbocycles. The molecule has 138 valence electrons. The van der Waals surface area contributed by atoms with Gasteiger partial charge in [-0.25, -0.2) is 4.79 Å². The molecular formula is C17H22O8. The van der Waals surface area contributed by atoms with E-state index >= 15 is 0 Å². The lowest BCUT2D eigenvalue weighted by Crippen LogP contribution is -2.68. The summed E-state index contributed by atoms with van der Waals surface area (Å²) in [5.41, 5.74) is -5.59. The van der Waals surface area contributed by atoms with Gasteiger partial charge in [0, 0.05) is 0 Å². The first kappa shape index (κ1) is 22.3. The number of hydrogen-bond acceptors (Lipinski definition) is 5. The monoisotopic (exact) mass is 354 g/mol. The molecular weight excluding hydrogens is 332 g/mol. The van der Waals surface area contributed by atoms with Gasteiger partial charge in [0.25, 0.3) is 0 Å². The van der Waals surface area contributed by atoms with Crippen molar-refractivity contribution in [2.75, 3.05) is 6.61 Å². The van der Waals surface area contributed by atoms with Crippen molar-refractivity contribution in [3.05, 3.63) is 38.0 Å². The Kier molecular flexibility index (Phi) is 7.95. The van der Waals surface area contributed by atoms with Gasteiger partial charge < -0.3 is 20.1 Å². The van der Waals surface area contributed by atoms with Crippen molar-refractivity contribution in [3.8, 4) is 0 Å². The number of carboxylic acid groups (broad SMARTS) is 3. The third kappa shape index (κ3) is 3.69. The van der Waals surface area contributed by atoms with Gasteiger partial charge in [-0.15, -0.1) is 19.7 Å². The van der Waals surface area contributed by atoms with Gasteiger partial charge in [-0.05, 0) is 19.8 Å². The highest BCUT2D eigenvalue weighted by atomic mass is 16.5. The van der Waals surface area contributed by atoms with Crippen molar-refractivity contribution in [2.45, 2.75) is 25.4 Å². The lowest BCUT2D eigenvalue weighted by Gasteiger charge is -2.45. The Morgan fingerprint density at radius 2 is 1.56 bits per heavy atom. The Labute approximate surface area is 145 Å². The van der Waals surface area contributed by atoms with Crippen molar-refractivity contribution in [1.82, 2.24) is 0 Å². The van der Waals surface area contributed by atoms with Gasteiger partial charge in [0.1, 0.15) is 5.92 Å². The van der Waals surface area contributed by atoms with Gasteiger partial charge in [-0.3, -0.25) is 14.4 Å². The number of ketones is 1. The van der Waals surface area contributed by atoms with Crippen molar-refractivity contribution in [3.63, 3.8) is 0 Å². The Hall–Kier alpha value is -2.74. The predicted octanol–water partition coefficient (Wildman–Crippen LogP) is 1.53. The summed E-state index contributed by atoms with van der Waals surface area (Å²) in [6.07, 6.45) is 2.22. The molecule has 0 bridgehead atoms. The van der Waals surface area contributed by atoms with Crippen LogP contribution in [0.1, 0.15) is 19.8 Å². The zero-order chi connectivity index (χ0) is 19.8. The fourth-order valence-electron chi connectivity index (χ4n) is 2.88. The standard InChI is InChI=1S/C17H22O8/c1-5-8-12(13(19)20)17(15(23)24,25-10-7-3)16(9-6-2,11(4)18)14(21)22/h5-7,12H,1-3,8-10H2,4H3,(H,19,20)(H,21,22)(H,23,24). The van der Waals surface area contributed by atoms with Gasteiger partial charge in [0.2, 0.25) is 5.60 Å². The van der Waals surface area contributed by atoms with Gasteiger partial charge in [0.05, 0.1) is 6.61 Å². The molecule has 8 heteroatoms. The van der Waals surface area contributed by atoms with Crippen LogP contribution in [0.25, 0.3) is 0 Å². The molecule has 0 fully saturated rings. The fourth-order valence-corrected chi connectivity index (χ4v) is 2.88. The number of Topliss-reactive ketones (excluding diaryl/α,β-unsaturated/α-hetero) is 1. The van der Waals surface area contributed by atoms with Crippen LogP contribution >= 0.6 is 0 Å². The van der Waals surface area contributed by atoms with Crippen LogP contribution in [-0.2, 0) is 23.9 Å². The normalized spacial score (nSPS) is 16.5. The number of ether oxygens (including phenoxy) is 1. The average Bonchev–Trinajstić information content (AvgIpc) is 2.51. The van der Waals surface area contributed by atoms with E-state index in [0.29, 0.717) is 0 Å².